The van der Waals surface area contributed by atoms with E-state index in [0.29, 0.717) is 18.0 Å². The zero-order chi connectivity index (χ0) is 17.8. The van der Waals surface area contributed by atoms with Crippen LogP contribution in [0.3, 0.4) is 0 Å². The van der Waals surface area contributed by atoms with Crippen LogP contribution in [0.4, 0.5) is 0 Å². The van der Waals surface area contributed by atoms with Crippen molar-refractivity contribution in [1.29, 1.82) is 0 Å². The van der Waals surface area contributed by atoms with E-state index >= 15 is 0 Å². The Balaban J connectivity index is 1.81. The van der Waals surface area contributed by atoms with Crippen LogP contribution in [0.5, 0.6) is 5.75 Å². The molecule has 1 aromatic heterocycles. The van der Waals surface area contributed by atoms with Gasteiger partial charge in [-0.25, -0.2) is 4.79 Å². The molecule has 3 rings (SSSR count). The number of H-pyrrole nitrogens is 1. The second kappa shape index (κ2) is 7.04. The highest BCUT2D eigenvalue weighted by Gasteiger charge is 2.30. The summed E-state index contributed by atoms with van der Waals surface area (Å²) < 4.78 is 11.2. The van der Waals surface area contributed by atoms with Crippen molar-refractivity contribution in [3.8, 4) is 11.4 Å². The van der Waals surface area contributed by atoms with Crippen molar-refractivity contribution in [2.24, 2.45) is 0 Å². The van der Waals surface area contributed by atoms with Crippen LogP contribution in [-0.4, -0.2) is 18.3 Å². The van der Waals surface area contributed by atoms with Crippen LogP contribution in [0.25, 0.3) is 5.69 Å². The van der Waals surface area contributed by atoms with E-state index in [2.05, 4.69) is 10.6 Å². The number of hydrogen-bond donors (Lipinski definition) is 2. The van der Waals surface area contributed by atoms with Crippen molar-refractivity contribution in [3.63, 3.8) is 0 Å². The Bertz CT molecular complexity index is 924. The van der Waals surface area contributed by atoms with Crippen molar-refractivity contribution >= 4 is 5.91 Å². The number of aryl methyl sites for hydroxylation is 1. The highest BCUT2D eigenvalue weighted by Crippen LogP contribution is 2.11. The zero-order valence-electron chi connectivity index (χ0n) is 13.9. The summed E-state index contributed by atoms with van der Waals surface area (Å²) in [5, 5.41) is 5.17. The molecule has 0 spiro atoms. The van der Waals surface area contributed by atoms with Crippen LogP contribution in [0.2, 0.25) is 0 Å². The molecule has 128 valence electrons. The van der Waals surface area contributed by atoms with Gasteiger partial charge in [0.15, 0.2) is 0 Å². The first-order valence-electron chi connectivity index (χ1n) is 7.70. The molecule has 25 heavy (non-hydrogen) atoms. The molecular weight excluding hydrogens is 322 g/mol. The van der Waals surface area contributed by atoms with E-state index in [0.717, 1.165) is 11.1 Å². The molecule has 0 saturated carbocycles. The molecule has 2 N–H and O–H groups in total. The number of hydrogen-bond acceptors (Lipinski definition) is 4. The van der Waals surface area contributed by atoms with Gasteiger partial charge in [-0.3, -0.25) is 9.32 Å². The van der Waals surface area contributed by atoms with Crippen molar-refractivity contribution in [2.75, 3.05) is 7.11 Å². The summed E-state index contributed by atoms with van der Waals surface area (Å²) in [5.74, 6) is 0.145. The van der Waals surface area contributed by atoms with Crippen LogP contribution in [0.15, 0.2) is 57.8 Å². The zero-order valence-corrected chi connectivity index (χ0v) is 13.9. The first-order valence-corrected chi connectivity index (χ1v) is 7.70. The first kappa shape index (κ1) is 16.5. The Morgan fingerprint density at radius 2 is 1.84 bits per heavy atom. The SMILES string of the molecule is COc1ccc(-[n+]2[nH]oc(=O)c2C(=O)NCc2ccc(C)cc2)cc1. The maximum Gasteiger partial charge on any atom is 0.441 e. The fourth-order valence-electron chi connectivity index (χ4n) is 2.35. The van der Waals surface area contributed by atoms with Gasteiger partial charge in [0.2, 0.25) is 5.69 Å². The predicted molar refractivity (Wildman–Crippen MR) is 89.8 cm³/mol. The number of carbonyl (C=O) groups is 1. The number of carbonyl (C=O) groups excluding carboxylic acids is 1. The van der Waals surface area contributed by atoms with E-state index < -0.39 is 11.5 Å². The van der Waals surface area contributed by atoms with Gasteiger partial charge < -0.3 is 10.1 Å². The monoisotopic (exact) mass is 340 g/mol. The number of methoxy groups -OCH3 is 1. The summed E-state index contributed by atoms with van der Waals surface area (Å²) >= 11 is 0. The van der Waals surface area contributed by atoms with Gasteiger partial charge in [0.25, 0.3) is 0 Å². The number of nitrogens with one attached hydrogen (secondary N) is 2. The van der Waals surface area contributed by atoms with Gasteiger partial charge in [0.1, 0.15) is 5.75 Å². The summed E-state index contributed by atoms with van der Waals surface area (Å²) in [6, 6.07) is 14.6. The normalized spacial score (nSPS) is 10.5. The maximum atomic E-state index is 12.4. The lowest BCUT2D eigenvalue weighted by Crippen LogP contribution is -2.44. The Morgan fingerprint density at radius 3 is 2.48 bits per heavy atom. The van der Waals surface area contributed by atoms with E-state index in [4.69, 9.17) is 9.26 Å². The van der Waals surface area contributed by atoms with Crippen LogP contribution >= 0.6 is 0 Å². The van der Waals surface area contributed by atoms with Crippen LogP contribution in [0, 0.1) is 6.92 Å². The Kier molecular flexibility index (Phi) is 4.65. The maximum absolute atomic E-state index is 12.4. The largest absolute Gasteiger partial charge is 0.497 e. The minimum absolute atomic E-state index is 0.128. The predicted octanol–water partition coefficient (Wildman–Crippen LogP) is 1.49. The lowest BCUT2D eigenvalue weighted by Gasteiger charge is -2.03. The van der Waals surface area contributed by atoms with Gasteiger partial charge in [-0.15, -0.1) is 0 Å². The molecule has 7 nitrogen and oxygen atoms in total. The summed E-state index contributed by atoms with van der Waals surface area (Å²) in [6.45, 7) is 2.30. The van der Waals surface area contributed by atoms with E-state index in [9.17, 15) is 9.59 Å². The molecule has 0 atom stereocenters. The van der Waals surface area contributed by atoms with Crippen LogP contribution in [-0.2, 0) is 6.54 Å². The van der Waals surface area contributed by atoms with E-state index in [1.165, 1.54) is 4.68 Å². The van der Waals surface area contributed by atoms with Gasteiger partial charge in [0, 0.05) is 18.7 Å². The molecule has 0 saturated heterocycles. The molecule has 7 heteroatoms. The highest BCUT2D eigenvalue weighted by molar-refractivity contribution is 5.90. The Morgan fingerprint density at radius 1 is 1.16 bits per heavy atom. The molecule has 0 aliphatic carbocycles. The Hall–Kier alpha value is -3.35. The van der Waals surface area contributed by atoms with Gasteiger partial charge in [-0.1, -0.05) is 29.8 Å². The molecule has 0 unspecified atom stereocenters. The third-order valence-corrected chi connectivity index (χ3v) is 3.77. The summed E-state index contributed by atoms with van der Waals surface area (Å²) in [6.07, 6.45) is 0. The number of nitrogens with zero attached hydrogens (tertiary/aromatic N) is 1. The lowest BCUT2D eigenvalue weighted by atomic mass is 10.1. The molecule has 1 heterocycles. The number of aromatic nitrogens is 2. The van der Waals surface area contributed by atoms with Crippen LogP contribution < -0.4 is 20.4 Å². The minimum atomic E-state index is -0.739. The van der Waals surface area contributed by atoms with E-state index in [-0.39, 0.29) is 5.69 Å². The fourth-order valence-corrected chi connectivity index (χ4v) is 2.35. The number of aromatic amines is 1. The second-order valence-electron chi connectivity index (χ2n) is 5.53. The van der Waals surface area contributed by atoms with Crippen molar-refractivity contribution in [3.05, 3.63) is 75.8 Å². The number of ether oxygens (including phenoxy) is 1. The average Bonchev–Trinajstić information content (AvgIpc) is 3.02. The number of rotatable bonds is 5. The van der Waals surface area contributed by atoms with E-state index in [1.807, 2.05) is 31.2 Å². The van der Waals surface area contributed by atoms with Crippen LogP contribution in [0.1, 0.15) is 21.6 Å². The molecule has 0 aliphatic rings. The van der Waals surface area contributed by atoms with Crippen molar-refractivity contribution < 1.29 is 18.7 Å². The minimum Gasteiger partial charge on any atom is -0.497 e. The topological polar surface area (TPSA) is 88.2 Å². The molecule has 0 aliphatic heterocycles. The summed E-state index contributed by atoms with van der Waals surface area (Å²) in [5.41, 5.74) is 1.79. The van der Waals surface area contributed by atoms with Crippen molar-refractivity contribution in [2.45, 2.75) is 13.5 Å². The second-order valence-corrected chi connectivity index (χ2v) is 5.53. The van der Waals surface area contributed by atoms with Crippen molar-refractivity contribution in [1.82, 2.24) is 10.6 Å². The molecule has 2 aromatic carbocycles. The van der Waals surface area contributed by atoms with Gasteiger partial charge in [-0.2, -0.15) is 0 Å². The number of benzene rings is 2. The molecule has 0 radical (unpaired) electrons. The Labute approximate surface area is 143 Å². The van der Waals surface area contributed by atoms with Gasteiger partial charge >= 0.3 is 17.2 Å². The van der Waals surface area contributed by atoms with Gasteiger partial charge in [0.05, 0.1) is 7.11 Å². The summed E-state index contributed by atoms with van der Waals surface area (Å²) in [4.78, 5) is 24.4. The first-order chi connectivity index (χ1) is 12.1. The standard InChI is InChI=1S/C18H17N3O4/c1-12-3-5-13(6-4-12)11-19-17(22)16-18(23)25-20-21(16)14-7-9-15(24-2)10-8-14/h3-10H,11H2,1-2H3,(H-,19,20,22,23)/p+1. The number of amides is 1. The molecule has 0 bridgehead atoms. The fraction of sp³-hybridized carbons (Fsp3) is 0.167. The molecular formula is C18H18N3O4+. The molecule has 3 aromatic rings. The lowest BCUT2D eigenvalue weighted by molar-refractivity contribution is -0.672. The molecule has 1 amide bonds. The third-order valence-electron chi connectivity index (χ3n) is 3.77. The van der Waals surface area contributed by atoms with E-state index in [1.54, 1.807) is 31.4 Å². The quantitative estimate of drug-likeness (QED) is 0.689. The highest BCUT2D eigenvalue weighted by atomic mass is 16.5. The smallest absolute Gasteiger partial charge is 0.441 e. The third kappa shape index (κ3) is 3.60. The summed E-state index contributed by atoms with van der Waals surface area (Å²) in [7, 11) is 1.56. The average molecular weight is 340 g/mol. The molecule has 0 fully saturated rings. The van der Waals surface area contributed by atoms with Gasteiger partial charge in [-0.05, 0) is 34.6 Å².